The third-order valence-electron chi connectivity index (χ3n) is 3.98. The molecule has 0 unspecified atom stereocenters. The monoisotopic (exact) mass is 327 g/mol. The number of pyridine rings is 1. The van der Waals surface area contributed by atoms with Crippen molar-refractivity contribution in [1.29, 1.82) is 0 Å². The molecule has 124 valence electrons. The van der Waals surface area contributed by atoms with Gasteiger partial charge in [-0.25, -0.2) is 4.79 Å². The molecule has 0 atom stereocenters. The minimum Gasteiger partial charge on any atom is -0.497 e. The van der Waals surface area contributed by atoms with Gasteiger partial charge in [0.1, 0.15) is 17.9 Å². The summed E-state index contributed by atoms with van der Waals surface area (Å²) in [5.74, 6) is -0.157. The van der Waals surface area contributed by atoms with Crippen LogP contribution in [-0.4, -0.2) is 23.8 Å². The highest BCUT2D eigenvalue weighted by Crippen LogP contribution is 2.19. The number of rotatable bonds is 4. The quantitative estimate of drug-likeness (QED) is 0.871. The summed E-state index contributed by atoms with van der Waals surface area (Å²) in [5.41, 5.74) is 1.08. The van der Waals surface area contributed by atoms with Gasteiger partial charge in [-0.3, -0.25) is 9.59 Å². The van der Waals surface area contributed by atoms with Gasteiger partial charge in [-0.15, -0.1) is 0 Å². The summed E-state index contributed by atoms with van der Waals surface area (Å²) < 4.78 is 10.3. The van der Waals surface area contributed by atoms with Crippen LogP contribution in [0.15, 0.2) is 35.1 Å². The van der Waals surface area contributed by atoms with Crippen LogP contribution in [0.4, 0.5) is 0 Å². The Labute approximate surface area is 138 Å². The van der Waals surface area contributed by atoms with E-state index < -0.39 is 11.5 Å². The maximum atomic E-state index is 12.2. The number of esters is 1. The number of H-pyrrole nitrogens is 1. The number of aromatic nitrogens is 1. The zero-order chi connectivity index (χ0) is 17.1. The summed E-state index contributed by atoms with van der Waals surface area (Å²) in [4.78, 5) is 38.8. The van der Waals surface area contributed by atoms with E-state index in [4.69, 9.17) is 9.47 Å². The molecule has 2 aromatic rings. The fraction of sp³-hybridized carbons (Fsp3) is 0.278. The van der Waals surface area contributed by atoms with Gasteiger partial charge >= 0.3 is 5.97 Å². The fourth-order valence-corrected chi connectivity index (χ4v) is 2.72. The molecule has 1 aromatic heterocycles. The lowest BCUT2D eigenvalue weighted by Crippen LogP contribution is -2.25. The van der Waals surface area contributed by atoms with E-state index in [1.54, 1.807) is 31.4 Å². The third-order valence-corrected chi connectivity index (χ3v) is 3.98. The van der Waals surface area contributed by atoms with Crippen molar-refractivity contribution in [2.24, 2.45) is 0 Å². The smallest absolute Gasteiger partial charge is 0.344 e. The first-order valence-electron chi connectivity index (χ1n) is 7.68. The molecule has 1 aliphatic rings. The van der Waals surface area contributed by atoms with Gasteiger partial charge in [-0.1, -0.05) is 12.1 Å². The summed E-state index contributed by atoms with van der Waals surface area (Å²) >= 11 is 0. The van der Waals surface area contributed by atoms with Crippen LogP contribution >= 0.6 is 0 Å². The van der Waals surface area contributed by atoms with Gasteiger partial charge < -0.3 is 14.5 Å². The lowest BCUT2D eigenvalue weighted by Gasteiger charge is -2.14. The Morgan fingerprint density at radius 1 is 1.21 bits per heavy atom. The number of aromatic amines is 1. The number of carbonyl (C=O) groups excluding carboxylic acids is 2. The van der Waals surface area contributed by atoms with Crippen LogP contribution in [0.1, 0.15) is 44.8 Å². The zero-order valence-electron chi connectivity index (χ0n) is 13.3. The van der Waals surface area contributed by atoms with Crippen molar-refractivity contribution in [3.05, 3.63) is 63.1 Å². The van der Waals surface area contributed by atoms with Crippen molar-refractivity contribution in [2.45, 2.75) is 25.9 Å². The summed E-state index contributed by atoms with van der Waals surface area (Å²) in [6.07, 6.45) is 1.77. The number of fused-ring (bicyclic) bond motifs is 1. The van der Waals surface area contributed by atoms with Gasteiger partial charge in [0.15, 0.2) is 5.78 Å². The van der Waals surface area contributed by atoms with E-state index >= 15 is 0 Å². The first-order valence-corrected chi connectivity index (χ1v) is 7.68. The normalized spacial score (nSPS) is 13.3. The average molecular weight is 327 g/mol. The highest BCUT2D eigenvalue weighted by Gasteiger charge is 2.22. The fourth-order valence-electron chi connectivity index (χ4n) is 2.72. The molecular formula is C18H17NO5. The number of aryl methyl sites for hydroxylation is 1. The zero-order valence-corrected chi connectivity index (χ0v) is 13.3. The molecule has 0 fully saturated rings. The number of benzene rings is 1. The van der Waals surface area contributed by atoms with Crippen LogP contribution in [0.25, 0.3) is 0 Å². The van der Waals surface area contributed by atoms with Crippen molar-refractivity contribution < 1.29 is 19.1 Å². The molecule has 0 saturated heterocycles. The van der Waals surface area contributed by atoms with E-state index in [9.17, 15) is 14.4 Å². The highest BCUT2D eigenvalue weighted by molar-refractivity contribution is 6.00. The predicted molar refractivity (Wildman–Crippen MR) is 86.4 cm³/mol. The van der Waals surface area contributed by atoms with Crippen LogP contribution < -0.4 is 10.3 Å². The number of carbonyl (C=O) groups is 2. The summed E-state index contributed by atoms with van der Waals surface area (Å²) in [7, 11) is 1.55. The third kappa shape index (κ3) is 3.22. The van der Waals surface area contributed by atoms with Gasteiger partial charge in [0.25, 0.3) is 5.56 Å². The average Bonchev–Trinajstić information content (AvgIpc) is 2.59. The molecule has 0 radical (unpaired) electrons. The molecule has 1 N–H and O–H groups in total. The Kier molecular flexibility index (Phi) is 4.46. The predicted octanol–water partition coefficient (Wildman–Crippen LogP) is 2.26. The van der Waals surface area contributed by atoms with Crippen molar-refractivity contribution in [3.63, 3.8) is 0 Å². The van der Waals surface area contributed by atoms with E-state index in [0.29, 0.717) is 36.3 Å². The number of ether oxygens (including phenoxy) is 2. The van der Waals surface area contributed by atoms with Crippen LogP contribution in [0.2, 0.25) is 0 Å². The molecule has 0 bridgehead atoms. The molecule has 1 heterocycles. The van der Waals surface area contributed by atoms with Gasteiger partial charge in [-0.05, 0) is 36.6 Å². The summed E-state index contributed by atoms with van der Waals surface area (Å²) in [5, 5.41) is 0. The molecule has 0 aliphatic heterocycles. The Hall–Kier alpha value is -2.89. The topological polar surface area (TPSA) is 85.5 Å². The second-order valence-corrected chi connectivity index (χ2v) is 5.61. The Balaban J connectivity index is 1.79. The second-order valence-electron chi connectivity index (χ2n) is 5.61. The van der Waals surface area contributed by atoms with Gasteiger partial charge in [0.05, 0.1) is 7.11 Å². The number of hydrogen-bond donors (Lipinski definition) is 1. The van der Waals surface area contributed by atoms with E-state index in [2.05, 4.69) is 4.98 Å². The Bertz CT molecular complexity index is 853. The molecule has 3 rings (SSSR count). The van der Waals surface area contributed by atoms with Gasteiger partial charge in [0, 0.05) is 17.7 Å². The Morgan fingerprint density at radius 2 is 2.04 bits per heavy atom. The minimum atomic E-state index is -0.750. The van der Waals surface area contributed by atoms with Gasteiger partial charge in [-0.2, -0.15) is 0 Å². The second kappa shape index (κ2) is 6.70. The number of ketones is 1. The van der Waals surface area contributed by atoms with E-state index in [1.165, 1.54) is 6.07 Å². The van der Waals surface area contributed by atoms with Crippen molar-refractivity contribution in [2.75, 3.05) is 7.11 Å². The maximum Gasteiger partial charge on any atom is 0.344 e. The van der Waals surface area contributed by atoms with E-state index in [1.807, 2.05) is 0 Å². The van der Waals surface area contributed by atoms with E-state index in [-0.39, 0.29) is 18.0 Å². The van der Waals surface area contributed by atoms with Crippen molar-refractivity contribution in [1.82, 2.24) is 4.98 Å². The van der Waals surface area contributed by atoms with Crippen molar-refractivity contribution in [3.8, 4) is 5.75 Å². The van der Waals surface area contributed by atoms with Crippen molar-refractivity contribution >= 4 is 11.8 Å². The van der Waals surface area contributed by atoms with E-state index in [0.717, 1.165) is 5.56 Å². The lowest BCUT2D eigenvalue weighted by molar-refractivity contribution is 0.0470. The van der Waals surface area contributed by atoms with Crippen LogP contribution in [0.3, 0.4) is 0 Å². The molecule has 0 spiro atoms. The number of nitrogens with one attached hydrogen (secondary N) is 1. The molecule has 0 saturated carbocycles. The SMILES string of the molecule is COc1cccc(COC(=O)c2cc3c([nH]c2=O)CCCC3=O)c1. The first kappa shape index (κ1) is 16.0. The van der Waals surface area contributed by atoms with Gasteiger partial charge in [0.2, 0.25) is 0 Å². The molecule has 0 amide bonds. The maximum absolute atomic E-state index is 12.2. The highest BCUT2D eigenvalue weighted by atomic mass is 16.5. The first-order chi connectivity index (χ1) is 11.6. The standard InChI is InChI=1S/C18H17NO5/c1-23-12-5-2-4-11(8-12)10-24-18(22)14-9-13-15(19-17(14)21)6-3-7-16(13)20/h2,4-5,8-9H,3,6-7,10H2,1H3,(H,19,21). The van der Waals surface area contributed by atoms with Crippen LogP contribution in [0, 0.1) is 0 Å². The Morgan fingerprint density at radius 3 is 2.83 bits per heavy atom. The molecule has 24 heavy (non-hydrogen) atoms. The van der Waals surface area contributed by atoms with Crippen LogP contribution in [0.5, 0.6) is 5.75 Å². The molecule has 1 aromatic carbocycles. The minimum absolute atomic E-state index is 0.0144. The summed E-state index contributed by atoms with van der Waals surface area (Å²) in [6.45, 7) is 0.0144. The molecule has 6 heteroatoms. The molecule has 6 nitrogen and oxygen atoms in total. The number of Topliss-reactive ketones (excluding diaryl/α,β-unsaturated/α-hetero) is 1. The number of methoxy groups -OCH3 is 1. The number of hydrogen-bond acceptors (Lipinski definition) is 5. The van der Waals surface area contributed by atoms with Crippen LogP contribution in [-0.2, 0) is 17.8 Å². The summed E-state index contributed by atoms with van der Waals surface area (Å²) in [6, 6.07) is 8.45. The molecule has 1 aliphatic carbocycles. The largest absolute Gasteiger partial charge is 0.497 e. The lowest BCUT2D eigenvalue weighted by atomic mass is 9.94. The molecular weight excluding hydrogens is 310 g/mol.